The van der Waals surface area contributed by atoms with Gasteiger partial charge in [-0.2, -0.15) is 23.8 Å². The molecule has 0 aliphatic rings. The van der Waals surface area contributed by atoms with Crippen LogP contribution in [0.5, 0.6) is 23.0 Å². The molecule has 0 aliphatic carbocycles. The highest BCUT2D eigenvalue weighted by molar-refractivity contribution is 8.19. The predicted molar refractivity (Wildman–Crippen MR) is 227 cm³/mol. The van der Waals surface area contributed by atoms with Crippen LogP contribution < -0.4 is 4.74 Å². The summed E-state index contributed by atoms with van der Waals surface area (Å²) >= 11 is 0. The Hall–Kier alpha value is -6.91. The maximum Gasteiger partial charge on any atom is 0.295 e. The van der Waals surface area contributed by atoms with Gasteiger partial charge in [0.25, 0.3) is 15.8 Å². The van der Waals surface area contributed by atoms with E-state index in [9.17, 15) is 65.7 Å². The Morgan fingerprint density at radius 2 is 1.16 bits per heavy atom. The number of phenolic OH excluding ortho intramolecular Hbond substituents is 3. The molecule has 0 heterocycles. The molecule has 0 fully saturated rings. The first-order chi connectivity index (χ1) is 29.1. The number of non-ortho nitro benzene ring substituents is 1. The zero-order chi connectivity index (χ0) is 45.1. The molecule has 22 nitrogen and oxygen atoms in total. The Morgan fingerprint density at radius 3 is 1.79 bits per heavy atom. The molecule has 0 saturated carbocycles. The van der Waals surface area contributed by atoms with Gasteiger partial charge in [-0.1, -0.05) is 18.2 Å². The summed E-state index contributed by atoms with van der Waals surface area (Å²) in [7, 11) is -12.7. The summed E-state index contributed by atoms with van der Waals surface area (Å²) in [6, 6.07) is 19.8. The van der Waals surface area contributed by atoms with E-state index in [1.165, 1.54) is 61.7 Å². The first-order valence-corrected chi connectivity index (χ1v) is 21.4. The number of aromatic hydroxyl groups is 3. The van der Waals surface area contributed by atoms with E-state index in [1.54, 1.807) is 0 Å². The molecule has 10 N–H and O–H groups in total. The maximum absolute atomic E-state index is 11.9. The fraction of sp³-hybridized carbons (Fsp3) is 0.0270. The molecule has 0 radical (unpaired) electrons. The van der Waals surface area contributed by atoms with Gasteiger partial charge in [-0.25, -0.2) is 0 Å². The van der Waals surface area contributed by atoms with Crippen LogP contribution in [0.4, 0.5) is 39.8 Å². The van der Waals surface area contributed by atoms with Crippen LogP contribution in [0.1, 0.15) is 11.1 Å². The number of rotatable bonds is 13. The van der Waals surface area contributed by atoms with Crippen molar-refractivity contribution in [3.8, 4) is 23.0 Å². The van der Waals surface area contributed by atoms with Crippen LogP contribution in [0.25, 0.3) is 22.9 Å². The fourth-order valence-corrected chi connectivity index (χ4v) is 7.68. The van der Waals surface area contributed by atoms with Gasteiger partial charge in [-0.05, 0) is 83.2 Å². The molecule has 6 aromatic rings. The first kappa shape index (κ1) is 44.6. The van der Waals surface area contributed by atoms with E-state index in [4.69, 9.17) is 4.74 Å². The second-order valence-corrected chi connectivity index (χ2v) is 17.0. The molecule has 0 unspecified atom stereocenters. The molecule has 0 saturated heterocycles. The number of methoxy groups -OCH3 is 1. The largest absolute Gasteiger partial charge is 0.508 e. The molecule has 6 rings (SSSR count). The number of hydrogen-bond donors (Lipinski definition) is 10. The lowest BCUT2D eigenvalue weighted by Gasteiger charge is -2.22. The van der Waals surface area contributed by atoms with Gasteiger partial charge in [-0.3, -0.25) is 14.7 Å². The van der Waals surface area contributed by atoms with Crippen LogP contribution in [-0.4, -0.2) is 67.6 Å². The molecule has 0 aliphatic heterocycles. The van der Waals surface area contributed by atoms with E-state index in [0.717, 1.165) is 48.6 Å². The summed E-state index contributed by atoms with van der Waals surface area (Å²) in [6.07, 6.45) is 2.23. The van der Waals surface area contributed by atoms with Crippen molar-refractivity contribution in [3.63, 3.8) is 0 Å². The lowest BCUT2D eigenvalue weighted by Crippen LogP contribution is -2.02. The zero-order valence-electron chi connectivity index (χ0n) is 31.3. The minimum Gasteiger partial charge on any atom is -0.508 e. The molecule has 62 heavy (non-hydrogen) atoms. The second-order valence-electron chi connectivity index (χ2n) is 12.7. The van der Waals surface area contributed by atoms with Gasteiger partial charge in [0.15, 0.2) is 5.75 Å². The molecule has 0 bridgehead atoms. The van der Waals surface area contributed by atoms with Crippen molar-refractivity contribution in [3.05, 3.63) is 118 Å². The molecular weight excluding hydrogens is 879 g/mol. The van der Waals surface area contributed by atoms with Crippen LogP contribution in [0.3, 0.4) is 0 Å². The predicted octanol–water partition coefficient (Wildman–Crippen LogP) is 11.7. The molecule has 0 amide bonds. The van der Waals surface area contributed by atoms with Crippen LogP contribution in [0, 0.1) is 10.1 Å². The van der Waals surface area contributed by atoms with Gasteiger partial charge in [0.05, 0.1) is 38.9 Å². The van der Waals surface area contributed by atoms with Crippen molar-refractivity contribution in [2.45, 2.75) is 14.7 Å². The third kappa shape index (κ3) is 10.3. The highest BCUT2D eigenvalue weighted by Gasteiger charge is 2.26. The number of phenols is 3. The number of nitrogens with zero attached hydrogens (tertiary/aromatic N) is 7. The van der Waals surface area contributed by atoms with Crippen molar-refractivity contribution in [1.82, 2.24) is 0 Å². The van der Waals surface area contributed by atoms with Crippen molar-refractivity contribution in [2.75, 3.05) is 7.11 Å². The van der Waals surface area contributed by atoms with Gasteiger partial charge in [0.2, 0.25) is 0 Å². The molecule has 0 aromatic heterocycles. The highest BCUT2D eigenvalue weighted by atomic mass is 32.3. The lowest BCUT2D eigenvalue weighted by atomic mass is 10.1. The van der Waals surface area contributed by atoms with Crippen LogP contribution >= 0.6 is 21.7 Å². The summed E-state index contributed by atoms with van der Waals surface area (Å²) in [5.74, 6) is -1.23. The normalized spacial score (nSPS) is 13.2. The average molecular weight is 910 g/mol. The Morgan fingerprint density at radius 1 is 0.597 bits per heavy atom. The number of nitro benzene ring substituents is 1. The third-order valence-electron chi connectivity index (χ3n) is 8.49. The summed E-state index contributed by atoms with van der Waals surface area (Å²) in [4.78, 5) is 8.33. The van der Waals surface area contributed by atoms with Gasteiger partial charge in [-0.15, -0.1) is 15.3 Å². The topological polar surface area (TPSA) is 363 Å². The van der Waals surface area contributed by atoms with Gasteiger partial charge in [0.1, 0.15) is 60.9 Å². The molecular formula is C37H31N7O15S3. The molecule has 6 aromatic carbocycles. The minimum atomic E-state index is -4.94. The maximum atomic E-state index is 11.9. The number of azo groups is 3. The monoisotopic (exact) mass is 909 g/mol. The van der Waals surface area contributed by atoms with E-state index in [0.29, 0.717) is 11.8 Å². The first-order valence-electron chi connectivity index (χ1n) is 17.0. The molecule has 25 heteroatoms. The quantitative estimate of drug-likeness (QED) is 0.0169. The van der Waals surface area contributed by atoms with E-state index in [1.807, 2.05) is 0 Å². The SMILES string of the molecule is COc1cc(N=Nc2c(S(O)(O)O)cc3cc(N=Nc4ccc(O)cc4)ccc3c2O)c(O)cc1N=Nc1ccc(C=Cc2ccc([N+](=O)[O-])cc2S(=O)(=O)O)c(S(O)(O)O)c1. The summed E-state index contributed by atoms with van der Waals surface area (Å²) in [5, 5.41) is 66.9. The highest BCUT2D eigenvalue weighted by Crippen LogP contribution is 2.55. The number of ether oxygens (including phenoxy) is 1. The van der Waals surface area contributed by atoms with Crippen molar-refractivity contribution >= 4 is 94.6 Å². The van der Waals surface area contributed by atoms with Gasteiger partial charge >= 0.3 is 0 Å². The summed E-state index contributed by atoms with van der Waals surface area (Å²) in [6.45, 7) is 0. The van der Waals surface area contributed by atoms with E-state index in [-0.39, 0.29) is 56.1 Å². The van der Waals surface area contributed by atoms with Crippen LogP contribution in [-0.2, 0) is 10.1 Å². The van der Waals surface area contributed by atoms with E-state index >= 15 is 0 Å². The average Bonchev–Trinajstić information content (AvgIpc) is 3.20. The van der Waals surface area contributed by atoms with Crippen molar-refractivity contribution in [1.29, 1.82) is 0 Å². The molecule has 0 atom stereocenters. The summed E-state index contributed by atoms with van der Waals surface area (Å²) in [5.41, 5.74) is -1.24. The van der Waals surface area contributed by atoms with Gasteiger partial charge < -0.3 is 47.4 Å². The van der Waals surface area contributed by atoms with Crippen LogP contribution in [0.2, 0.25) is 0 Å². The third-order valence-corrected chi connectivity index (χ3v) is 11.2. The number of nitro groups is 1. The Labute approximate surface area is 352 Å². The van der Waals surface area contributed by atoms with E-state index < -0.39 is 74.3 Å². The number of fused-ring (bicyclic) bond motifs is 1. The zero-order valence-corrected chi connectivity index (χ0v) is 33.7. The molecule has 0 spiro atoms. The number of hydrogen-bond acceptors (Lipinski definition) is 20. The minimum absolute atomic E-state index is 0.0365. The van der Waals surface area contributed by atoms with Crippen molar-refractivity contribution in [2.24, 2.45) is 30.7 Å². The van der Waals surface area contributed by atoms with Crippen LogP contribution in [0.15, 0.2) is 142 Å². The lowest BCUT2D eigenvalue weighted by molar-refractivity contribution is -0.385. The Kier molecular flexibility index (Phi) is 12.7. The summed E-state index contributed by atoms with van der Waals surface area (Å²) < 4.78 is 100. The fourth-order valence-electron chi connectivity index (χ4n) is 5.56. The Balaban J connectivity index is 1.29. The standard InChI is InChI=1S/C37H31N7O15S3/c1-59-32-19-29(41-43-36-35(62(56,57)58)15-22-14-24(9-13-28(22)37(36)47)39-38-23-7-11-27(45)12-8-23)31(46)18-30(32)42-40-25-6-4-20(33(16-25)60(50,51)52)2-3-21-5-10-26(44(48)49)17-34(21)61(53,54)55/h2-19,45-47,50-52,56-58H,1H3,(H,53,54,55). The van der Waals surface area contributed by atoms with Crippen molar-refractivity contribution < 1.29 is 65.3 Å². The second kappa shape index (κ2) is 17.6. The molecule has 322 valence electrons. The number of benzene rings is 6. The van der Waals surface area contributed by atoms with E-state index in [2.05, 4.69) is 30.7 Å². The Bertz CT molecular complexity index is 2970. The smallest absolute Gasteiger partial charge is 0.295 e. The van der Waals surface area contributed by atoms with Gasteiger partial charge in [0, 0.05) is 29.7 Å².